The Balaban J connectivity index is 1.87. The number of piperazine rings is 1. The number of urea groups is 1. The van der Waals surface area contributed by atoms with E-state index in [1.54, 1.807) is 11.3 Å². The molecule has 142 valence electrons. The molecule has 0 aromatic carbocycles. The van der Waals surface area contributed by atoms with Crippen LogP contribution in [0.2, 0.25) is 0 Å². The van der Waals surface area contributed by atoms with Crippen LogP contribution in [0.25, 0.3) is 0 Å². The third-order valence-corrected chi connectivity index (χ3v) is 5.68. The number of carbonyl (C=O) groups is 1. The smallest absolute Gasteiger partial charge is 0.317 e. The fourth-order valence-electron chi connectivity index (χ4n) is 3.29. The van der Waals surface area contributed by atoms with Crippen LogP contribution >= 0.6 is 11.3 Å². The van der Waals surface area contributed by atoms with Crippen molar-refractivity contribution in [3.63, 3.8) is 0 Å². The lowest BCUT2D eigenvalue weighted by Gasteiger charge is -2.38. The second-order valence-corrected chi connectivity index (χ2v) is 8.47. The number of nitrogens with one attached hydrogen (secondary N) is 1. The van der Waals surface area contributed by atoms with Gasteiger partial charge in [-0.2, -0.15) is 0 Å². The molecule has 1 atom stereocenters. The number of amides is 2. The van der Waals surface area contributed by atoms with Crippen molar-refractivity contribution in [2.24, 2.45) is 5.92 Å². The minimum atomic E-state index is 0.0645. The number of nitrogens with zero attached hydrogens (tertiary/aromatic N) is 3. The van der Waals surface area contributed by atoms with E-state index in [1.165, 1.54) is 4.88 Å². The number of thiophene rings is 1. The fourth-order valence-corrected chi connectivity index (χ4v) is 4.01. The van der Waals surface area contributed by atoms with E-state index in [0.29, 0.717) is 18.5 Å². The molecule has 1 saturated heterocycles. The summed E-state index contributed by atoms with van der Waals surface area (Å²) in [6.45, 7) is 13.2. The van der Waals surface area contributed by atoms with Crippen LogP contribution in [0.5, 0.6) is 0 Å². The van der Waals surface area contributed by atoms with E-state index in [2.05, 4.69) is 54.4 Å². The van der Waals surface area contributed by atoms with E-state index in [1.807, 2.05) is 11.0 Å². The summed E-state index contributed by atoms with van der Waals surface area (Å²) in [6, 6.07) is 4.64. The first-order chi connectivity index (χ1) is 12.0. The largest absolute Gasteiger partial charge is 0.336 e. The first-order valence-electron chi connectivity index (χ1n) is 9.47. The molecule has 0 unspecified atom stereocenters. The lowest BCUT2D eigenvalue weighted by molar-refractivity contribution is 0.107. The Hall–Kier alpha value is -1.11. The van der Waals surface area contributed by atoms with Crippen LogP contribution < -0.4 is 5.32 Å². The maximum atomic E-state index is 12.8. The van der Waals surface area contributed by atoms with Crippen molar-refractivity contribution in [2.75, 3.05) is 46.3 Å². The molecule has 2 amide bonds. The molecule has 1 N–H and O–H groups in total. The summed E-state index contributed by atoms with van der Waals surface area (Å²) in [7, 11) is 2.18. The van der Waals surface area contributed by atoms with Gasteiger partial charge in [-0.15, -0.1) is 11.3 Å². The van der Waals surface area contributed by atoms with Crippen LogP contribution in [0.3, 0.4) is 0 Å². The van der Waals surface area contributed by atoms with Gasteiger partial charge in [-0.3, -0.25) is 4.90 Å². The maximum absolute atomic E-state index is 12.8. The number of likely N-dealkylation sites (N-methyl/N-ethyl adjacent to an activating group) is 1. The Morgan fingerprint density at radius 2 is 2.04 bits per heavy atom. The van der Waals surface area contributed by atoms with Gasteiger partial charge in [-0.25, -0.2) is 4.79 Å². The quantitative estimate of drug-likeness (QED) is 0.769. The Kier molecular flexibility index (Phi) is 8.19. The van der Waals surface area contributed by atoms with Crippen LogP contribution in [0.15, 0.2) is 17.5 Å². The highest BCUT2D eigenvalue weighted by Gasteiger charge is 2.23. The molecule has 25 heavy (non-hydrogen) atoms. The van der Waals surface area contributed by atoms with Crippen molar-refractivity contribution < 1.29 is 4.79 Å². The van der Waals surface area contributed by atoms with Crippen molar-refractivity contribution in [2.45, 2.75) is 39.8 Å². The van der Waals surface area contributed by atoms with Gasteiger partial charge in [-0.05, 0) is 30.8 Å². The lowest BCUT2D eigenvalue weighted by atomic mass is 10.1. The minimum Gasteiger partial charge on any atom is -0.336 e. The summed E-state index contributed by atoms with van der Waals surface area (Å²) >= 11 is 1.71. The van der Waals surface area contributed by atoms with Gasteiger partial charge < -0.3 is 15.1 Å². The Morgan fingerprint density at radius 3 is 2.60 bits per heavy atom. The van der Waals surface area contributed by atoms with Gasteiger partial charge in [0.15, 0.2) is 0 Å². The van der Waals surface area contributed by atoms with Crippen LogP contribution in [0.4, 0.5) is 4.79 Å². The average Bonchev–Trinajstić information content (AvgIpc) is 3.08. The normalized spacial score (nSPS) is 17.6. The Morgan fingerprint density at radius 1 is 1.32 bits per heavy atom. The van der Waals surface area contributed by atoms with E-state index >= 15 is 0 Å². The summed E-state index contributed by atoms with van der Waals surface area (Å²) < 4.78 is 0. The molecular formula is C19H34N4OS. The van der Waals surface area contributed by atoms with E-state index in [9.17, 15) is 4.79 Å². The number of hydrogen-bond acceptors (Lipinski definition) is 4. The molecule has 1 aromatic heterocycles. The van der Waals surface area contributed by atoms with E-state index < -0.39 is 0 Å². The van der Waals surface area contributed by atoms with Gasteiger partial charge >= 0.3 is 6.03 Å². The standard InChI is InChI=1S/C19H34N4OS/c1-5-17(22-10-8-21(4)9-11-22)13-20-19(24)23(14-16(2)3)15-18-7-6-12-25-18/h6-7,12,16-17H,5,8-11,13-15H2,1-4H3,(H,20,24)/t17-/m1/s1. The van der Waals surface area contributed by atoms with Crippen LogP contribution in [-0.2, 0) is 6.54 Å². The summed E-state index contributed by atoms with van der Waals surface area (Å²) in [5.74, 6) is 0.463. The molecule has 0 bridgehead atoms. The molecule has 1 fully saturated rings. The Labute approximate surface area is 157 Å². The Bertz CT molecular complexity index is 498. The molecular weight excluding hydrogens is 332 g/mol. The predicted molar refractivity (Wildman–Crippen MR) is 106 cm³/mol. The van der Waals surface area contributed by atoms with E-state index in [0.717, 1.165) is 45.7 Å². The third kappa shape index (κ3) is 6.60. The zero-order chi connectivity index (χ0) is 18.2. The highest BCUT2D eigenvalue weighted by atomic mass is 32.1. The first-order valence-corrected chi connectivity index (χ1v) is 10.3. The van der Waals surface area contributed by atoms with Gasteiger partial charge in [0.25, 0.3) is 0 Å². The minimum absolute atomic E-state index is 0.0645. The summed E-state index contributed by atoms with van der Waals surface area (Å²) in [5, 5.41) is 5.27. The molecule has 0 aliphatic carbocycles. The van der Waals surface area contributed by atoms with Crippen molar-refractivity contribution in [3.8, 4) is 0 Å². The van der Waals surface area contributed by atoms with Gasteiger partial charge in [0.2, 0.25) is 0 Å². The van der Waals surface area contributed by atoms with E-state index in [-0.39, 0.29) is 6.03 Å². The number of rotatable bonds is 8. The van der Waals surface area contributed by atoms with Gasteiger partial charge in [0, 0.05) is 50.2 Å². The number of hydrogen-bond donors (Lipinski definition) is 1. The van der Waals surface area contributed by atoms with Crippen LogP contribution in [-0.4, -0.2) is 73.1 Å². The lowest BCUT2D eigenvalue weighted by Crippen LogP contribution is -2.53. The number of carbonyl (C=O) groups excluding carboxylic acids is 1. The monoisotopic (exact) mass is 366 g/mol. The van der Waals surface area contributed by atoms with Crippen molar-refractivity contribution >= 4 is 17.4 Å². The zero-order valence-electron chi connectivity index (χ0n) is 16.2. The summed E-state index contributed by atoms with van der Waals surface area (Å²) in [6.07, 6.45) is 1.07. The predicted octanol–water partition coefficient (Wildman–Crippen LogP) is 2.94. The van der Waals surface area contributed by atoms with Gasteiger partial charge in [0.1, 0.15) is 0 Å². The van der Waals surface area contributed by atoms with Crippen molar-refractivity contribution in [1.82, 2.24) is 20.0 Å². The molecule has 2 heterocycles. The second kappa shape index (κ2) is 10.1. The van der Waals surface area contributed by atoms with Crippen molar-refractivity contribution in [3.05, 3.63) is 22.4 Å². The first kappa shape index (κ1) is 20.2. The third-order valence-electron chi connectivity index (χ3n) is 4.81. The zero-order valence-corrected chi connectivity index (χ0v) is 17.0. The highest BCUT2D eigenvalue weighted by Crippen LogP contribution is 2.14. The average molecular weight is 367 g/mol. The highest BCUT2D eigenvalue weighted by molar-refractivity contribution is 7.09. The molecule has 0 spiro atoms. The van der Waals surface area contributed by atoms with Crippen LogP contribution in [0, 0.1) is 5.92 Å². The molecule has 2 rings (SSSR count). The summed E-state index contributed by atoms with van der Waals surface area (Å²) in [5.41, 5.74) is 0. The SMILES string of the molecule is CC[C@H](CNC(=O)N(Cc1cccs1)CC(C)C)N1CCN(C)CC1. The summed E-state index contributed by atoms with van der Waals surface area (Å²) in [4.78, 5) is 20.8. The van der Waals surface area contributed by atoms with Gasteiger partial charge in [0.05, 0.1) is 6.54 Å². The molecule has 5 nitrogen and oxygen atoms in total. The maximum Gasteiger partial charge on any atom is 0.317 e. The molecule has 0 saturated carbocycles. The fraction of sp³-hybridized carbons (Fsp3) is 0.737. The second-order valence-electron chi connectivity index (χ2n) is 7.44. The van der Waals surface area contributed by atoms with E-state index in [4.69, 9.17) is 0 Å². The molecule has 1 aromatic rings. The van der Waals surface area contributed by atoms with Crippen LogP contribution in [0.1, 0.15) is 32.1 Å². The molecule has 1 aliphatic rings. The molecule has 6 heteroatoms. The van der Waals surface area contributed by atoms with Gasteiger partial charge in [-0.1, -0.05) is 26.8 Å². The molecule has 0 radical (unpaired) electrons. The van der Waals surface area contributed by atoms with Crippen molar-refractivity contribution in [1.29, 1.82) is 0 Å². The topological polar surface area (TPSA) is 38.8 Å². The molecule has 1 aliphatic heterocycles.